The van der Waals surface area contributed by atoms with Gasteiger partial charge in [-0.15, -0.1) is 0 Å². The van der Waals surface area contributed by atoms with Crippen LogP contribution in [0.25, 0.3) is 0 Å². The first-order chi connectivity index (χ1) is 14.7. The molecule has 1 aromatic carbocycles. The highest BCUT2D eigenvalue weighted by Gasteiger charge is 2.41. The highest BCUT2D eigenvalue weighted by atomic mass is 16.5. The monoisotopic (exact) mass is 413 g/mol. The van der Waals surface area contributed by atoms with Gasteiger partial charge in [0.05, 0.1) is 13.2 Å². The van der Waals surface area contributed by atoms with Crippen LogP contribution in [-0.4, -0.2) is 67.0 Å². The van der Waals surface area contributed by atoms with Crippen LogP contribution in [0.2, 0.25) is 0 Å². The van der Waals surface area contributed by atoms with Crippen molar-refractivity contribution in [2.24, 2.45) is 0 Å². The molecule has 1 saturated carbocycles. The van der Waals surface area contributed by atoms with E-state index >= 15 is 0 Å². The minimum Gasteiger partial charge on any atom is -0.379 e. The molecule has 164 valence electrons. The van der Waals surface area contributed by atoms with Gasteiger partial charge in [-0.3, -0.25) is 14.5 Å². The van der Waals surface area contributed by atoms with Gasteiger partial charge in [0.25, 0.3) is 5.91 Å². The van der Waals surface area contributed by atoms with Crippen LogP contribution < -0.4 is 5.32 Å². The van der Waals surface area contributed by atoms with Crippen molar-refractivity contribution in [3.8, 4) is 0 Å². The van der Waals surface area contributed by atoms with Gasteiger partial charge in [0.15, 0.2) is 0 Å². The van der Waals surface area contributed by atoms with Crippen molar-refractivity contribution < 1.29 is 14.3 Å². The van der Waals surface area contributed by atoms with Gasteiger partial charge in [0.1, 0.15) is 6.04 Å². The molecular weight excluding hydrogens is 378 g/mol. The zero-order chi connectivity index (χ0) is 20.8. The molecule has 1 aromatic rings. The highest BCUT2D eigenvalue weighted by molar-refractivity contribution is 6.04. The number of hydrogen-bond donors (Lipinski definition) is 1. The van der Waals surface area contributed by atoms with Crippen LogP contribution in [0, 0.1) is 0 Å². The molecule has 1 aliphatic carbocycles. The maximum atomic E-state index is 13.4. The van der Waals surface area contributed by atoms with Crippen molar-refractivity contribution in [1.29, 1.82) is 0 Å². The standard InChI is InChI=1S/C24H35N3O3/c28-23(25-19-9-4-2-1-3-5-10-19)22-20-11-6-7-12-21(20)24(29)27(22)14-8-13-26-15-17-30-18-16-26/h6-7,11-12,19,22H,1-5,8-10,13-18H2,(H,25,28). The average Bonchev–Trinajstić information content (AvgIpc) is 3.03. The molecule has 0 aromatic heterocycles. The molecule has 1 atom stereocenters. The van der Waals surface area contributed by atoms with E-state index in [0.717, 1.165) is 57.7 Å². The molecule has 4 rings (SSSR count). The first kappa shape index (κ1) is 21.3. The topological polar surface area (TPSA) is 61.9 Å². The Balaban J connectivity index is 1.42. The first-order valence-corrected chi connectivity index (χ1v) is 11.7. The Hall–Kier alpha value is -1.92. The van der Waals surface area contributed by atoms with Crippen molar-refractivity contribution >= 4 is 11.8 Å². The lowest BCUT2D eigenvalue weighted by molar-refractivity contribution is -0.126. The summed E-state index contributed by atoms with van der Waals surface area (Å²) in [4.78, 5) is 30.6. The summed E-state index contributed by atoms with van der Waals surface area (Å²) < 4.78 is 5.42. The van der Waals surface area contributed by atoms with Crippen molar-refractivity contribution in [2.45, 2.75) is 63.5 Å². The van der Waals surface area contributed by atoms with E-state index in [0.29, 0.717) is 12.1 Å². The summed E-state index contributed by atoms with van der Waals surface area (Å²) in [5, 5.41) is 3.30. The van der Waals surface area contributed by atoms with Gasteiger partial charge in [0.2, 0.25) is 5.91 Å². The molecule has 1 unspecified atom stereocenters. The van der Waals surface area contributed by atoms with Crippen LogP contribution in [0.15, 0.2) is 24.3 Å². The van der Waals surface area contributed by atoms with Crippen molar-refractivity contribution in [3.63, 3.8) is 0 Å². The van der Waals surface area contributed by atoms with Crippen LogP contribution in [0.4, 0.5) is 0 Å². The van der Waals surface area contributed by atoms with Gasteiger partial charge in [0, 0.05) is 37.8 Å². The third kappa shape index (κ3) is 5.03. The Kier molecular flexibility index (Phi) is 7.39. The lowest BCUT2D eigenvalue weighted by Crippen LogP contribution is -2.44. The average molecular weight is 414 g/mol. The number of fused-ring (bicyclic) bond motifs is 1. The molecule has 6 nitrogen and oxygen atoms in total. The summed E-state index contributed by atoms with van der Waals surface area (Å²) in [6, 6.07) is 7.35. The fourth-order valence-corrected chi connectivity index (χ4v) is 5.05. The number of rotatable bonds is 6. The molecule has 2 heterocycles. The summed E-state index contributed by atoms with van der Waals surface area (Å²) in [6.45, 7) is 4.98. The molecule has 2 amide bonds. The molecule has 2 aliphatic heterocycles. The van der Waals surface area contributed by atoms with Crippen molar-refractivity contribution in [2.75, 3.05) is 39.4 Å². The van der Waals surface area contributed by atoms with Gasteiger partial charge in [-0.25, -0.2) is 0 Å². The second-order valence-electron chi connectivity index (χ2n) is 8.85. The number of carbonyl (C=O) groups excluding carboxylic acids is 2. The lowest BCUT2D eigenvalue weighted by atomic mass is 9.96. The van der Waals surface area contributed by atoms with Crippen LogP contribution in [0.5, 0.6) is 0 Å². The maximum absolute atomic E-state index is 13.4. The number of ether oxygens (including phenoxy) is 1. The Morgan fingerprint density at radius 2 is 1.70 bits per heavy atom. The number of carbonyl (C=O) groups is 2. The van der Waals surface area contributed by atoms with Gasteiger partial charge >= 0.3 is 0 Å². The number of hydrogen-bond acceptors (Lipinski definition) is 4. The second-order valence-corrected chi connectivity index (χ2v) is 8.85. The van der Waals surface area contributed by atoms with E-state index in [1.54, 1.807) is 4.90 Å². The fraction of sp³-hybridized carbons (Fsp3) is 0.667. The summed E-state index contributed by atoms with van der Waals surface area (Å²) in [5.74, 6) is -0.0179. The lowest BCUT2D eigenvalue weighted by Gasteiger charge is -2.30. The zero-order valence-corrected chi connectivity index (χ0v) is 18.0. The summed E-state index contributed by atoms with van der Waals surface area (Å²) >= 11 is 0. The van der Waals surface area contributed by atoms with E-state index < -0.39 is 6.04 Å². The number of benzene rings is 1. The summed E-state index contributed by atoms with van der Waals surface area (Å²) in [6.07, 6.45) is 9.13. The molecule has 6 heteroatoms. The predicted octanol–water partition coefficient (Wildman–Crippen LogP) is 3.13. The van der Waals surface area contributed by atoms with E-state index in [9.17, 15) is 9.59 Å². The third-order valence-electron chi connectivity index (χ3n) is 6.74. The minimum absolute atomic E-state index is 0.00889. The largest absolute Gasteiger partial charge is 0.379 e. The SMILES string of the molecule is O=C(NC1CCCCCCC1)C1c2ccccc2C(=O)N1CCCN1CCOCC1. The van der Waals surface area contributed by atoms with Crippen LogP contribution >= 0.6 is 0 Å². The van der Waals surface area contributed by atoms with E-state index in [2.05, 4.69) is 10.2 Å². The molecule has 0 radical (unpaired) electrons. The van der Waals surface area contributed by atoms with E-state index in [4.69, 9.17) is 4.74 Å². The quantitative estimate of drug-likeness (QED) is 0.778. The van der Waals surface area contributed by atoms with Crippen molar-refractivity contribution in [1.82, 2.24) is 15.1 Å². The molecule has 1 N–H and O–H groups in total. The molecule has 0 spiro atoms. The smallest absolute Gasteiger partial charge is 0.255 e. The van der Waals surface area contributed by atoms with Gasteiger partial charge < -0.3 is 15.0 Å². The van der Waals surface area contributed by atoms with Crippen molar-refractivity contribution in [3.05, 3.63) is 35.4 Å². The van der Waals surface area contributed by atoms with Crippen LogP contribution in [0.1, 0.15) is 73.3 Å². The summed E-state index contributed by atoms with van der Waals surface area (Å²) in [5.41, 5.74) is 1.54. The third-order valence-corrected chi connectivity index (χ3v) is 6.74. The van der Waals surface area contributed by atoms with Gasteiger partial charge in [-0.1, -0.05) is 50.3 Å². The predicted molar refractivity (Wildman–Crippen MR) is 116 cm³/mol. The Labute approximate surface area is 179 Å². The zero-order valence-electron chi connectivity index (χ0n) is 18.0. The Bertz CT molecular complexity index is 724. The number of nitrogens with one attached hydrogen (secondary N) is 1. The molecule has 1 saturated heterocycles. The number of nitrogens with zero attached hydrogens (tertiary/aromatic N) is 2. The van der Waals surface area contributed by atoms with Crippen LogP contribution in [-0.2, 0) is 9.53 Å². The molecule has 0 bridgehead atoms. The molecule has 3 aliphatic rings. The highest BCUT2D eigenvalue weighted by Crippen LogP contribution is 2.34. The molecule has 30 heavy (non-hydrogen) atoms. The minimum atomic E-state index is -0.496. The normalized spacial score (nSPS) is 23.7. The summed E-state index contributed by atoms with van der Waals surface area (Å²) in [7, 11) is 0. The fourth-order valence-electron chi connectivity index (χ4n) is 5.05. The molecular formula is C24H35N3O3. The van der Waals surface area contributed by atoms with E-state index in [1.165, 1.54) is 32.1 Å². The van der Waals surface area contributed by atoms with E-state index in [1.807, 2.05) is 24.3 Å². The maximum Gasteiger partial charge on any atom is 0.255 e. The van der Waals surface area contributed by atoms with E-state index in [-0.39, 0.29) is 17.9 Å². The molecule has 2 fully saturated rings. The Morgan fingerprint density at radius 1 is 1.00 bits per heavy atom. The van der Waals surface area contributed by atoms with Gasteiger partial charge in [-0.05, 0) is 30.9 Å². The first-order valence-electron chi connectivity index (χ1n) is 11.7. The number of amides is 2. The van der Waals surface area contributed by atoms with Crippen LogP contribution in [0.3, 0.4) is 0 Å². The number of morpholine rings is 1. The second kappa shape index (κ2) is 10.4. The van der Waals surface area contributed by atoms with Gasteiger partial charge in [-0.2, -0.15) is 0 Å². The Morgan fingerprint density at radius 3 is 2.47 bits per heavy atom.